The molecule has 4 aromatic rings. The highest BCUT2D eigenvalue weighted by Crippen LogP contribution is 2.26. The van der Waals surface area contributed by atoms with Gasteiger partial charge in [-0.3, -0.25) is 9.48 Å². The monoisotopic (exact) mass is 381 g/mol. The van der Waals surface area contributed by atoms with Gasteiger partial charge in [-0.05, 0) is 23.6 Å². The van der Waals surface area contributed by atoms with Crippen LogP contribution in [0.15, 0.2) is 97.2 Å². The maximum atomic E-state index is 13.2. The quantitative estimate of drug-likeness (QED) is 0.510. The average molecular weight is 381 g/mol. The molecule has 0 bridgehead atoms. The van der Waals surface area contributed by atoms with Crippen molar-refractivity contribution < 1.29 is 4.79 Å². The van der Waals surface area contributed by atoms with E-state index in [-0.39, 0.29) is 11.8 Å². The number of carbonyl (C=O) groups is 1. The number of anilines is 1. The second kappa shape index (κ2) is 8.57. The zero-order valence-corrected chi connectivity index (χ0v) is 16.3. The van der Waals surface area contributed by atoms with Crippen molar-refractivity contribution in [3.8, 4) is 0 Å². The molecule has 3 aromatic carbocycles. The third kappa shape index (κ3) is 4.61. The Kier molecular flexibility index (Phi) is 5.52. The Morgan fingerprint density at radius 1 is 0.897 bits per heavy atom. The molecule has 0 radical (unpaired) electrons. The number of rotatable bonds is 6. The number of amides is 1. The highest BCUT2D eigenvalue weighted by molar-refractivity contribution is 5.97. The molecule has 1 N–H and O–H groups in total. The third-order valence-corrected chi connectivity index (χ3v) is 4.85. The molecular weight excluding hydrogens is 358 g/mol. The summed E-state index contributed by atoms with van der Waals surface area (Å²) in [5, 5.41) is 7.52. The Morgan fingerprint density at radius 2 is 1.55 bits per heavy atom. The summed E-state index contributed by atoms with van der Waals surface area (Å²) in [7, 11) is 0. The fourth-order valence-corrected chi connectivity index (χ4v) is 3.50. The SMILES string of the molecule is Cc1cccc(Cn2ccc(NC(=O)C(c3ccccc3)c3ccccc3)n2)c1. The molecule has 4 nitrogen and oxygen atoms in total. The van der Waals surface area contributed by atoms with Crippen LogP contribution in [0.2, 0.25) is 0 Å². The molecule has 29 heavy (non-hydrogen) atoms. The second-order valence-electron chi connectivity index (χ2n) is 7.13. The smallest absolute Gasteiger partial charge is 0.237 e. The van der Waals surface area contributed by atoms with Gasteiger partial charge in [-0.25, -0.2) is 0 Å². The number of hydrogen-bond donors (Lipinski definition) is 1. The van der Waals surface area contributed by atoms with E-state index in [0.29, 0.717) is 12.4 Å². The first-order valence-corrected chi connectivity index (χ1v) is 9.69. The topological polar surface area (TPSA) is 46.9 Å². The minimum Gasteiger partial charge on any atom is -0.308 e. The standard InChI is InChI=1S/C25H23N3O/c1-19-9-8-10-20(17-19)18-28-16-15-23(27-28)26-25(29)24(21-11-4-2-5-12-21)22-13-6-3-7-14-22/h2-17,24H,18H2,1H3,(H,26,27,29). The number of aryl methyl sites for hydroxylation is 1. The van der Waals surface area contributed by atoms with Crippen LogP contribution in [0, 0.1) is 6.92 Å². The molecule has 0 saturated carbocycles. The van der Waals surface area contributed by atoms with Crippen molar-refractivity contribution in [3.63, 3.8) is 0 Å². The lowest BCUT2D eigenvalue weighted by Gasteiger charge is -2.17. The lowest BCUT2D eigenvalue weighted by Crippen LogP contribution is -2.22. The van der Waals surface area contributed by atoms with Crippen LogP contribution in [-0.2, 0) is 11.3 Å². The zero-order chi connectivity index (χ0) is 20.1. The Morgan fingerprint density at radius 3 is 2.17 bits per heavy atom. The van der Waals surface area contributed by atoms with Crippen LogP contribution in [0.5, 0.6) is 0 Å². The minimum atomic E-state index is -0.390. The summed E-state index contributed by atoms with van der Waals surface area (Å²) in [6.45, 7) is 2.74. The first kappa shape index (κ1) is 18.7. The van der Waals surface area contributed by atoms with E-state index in [1.807, 2.05) is 83.7 Å². The van der Waals surface area contributed by atoms with Crippen LogP contribution in [0.25, 0.3) is 0 Å². The molecule has 1 amide bonds. The summed E-state index contributed by atoms with van der Waals surface area (Å²) in [4.78, 5) is 13.2. The molecule has 0 saturated heterocycles. The van der Waals surface area contributed by atoms with Gasteiger partial charge in [0.2, 0.25) is 5.91 Å². The van der Waals surface area contributed by atoms with Gasteiger partial charge in [-0.15, -0.1) is 0 Å². The summed E-state index contributed by atoms with van der Waals surface area (Å²) >= 11 is 0. The highest BCUT2D eigenvalue weighted by Gasteiger charge is 2.23. The van der Waals surface area contributed by atoms with Crippen molar-refractivity contribution in [2.45, 2.75) is 19.4 Å². The molecule has 4 rings (SSSR count). The predicted octanol–water partition coefficient (Wildman–Crippen LogP) is 5.01. The number of nitrogens with one attached hydrogen (secondary N) is 1. The lowest BCUT2D eigenvalue weighted by molar-refractivity contribution is -0.116. The third-order valence-electron chi connectivity index (χ3n) is 4.85. The van der Waals surface area contributed by atoms with Gasteiger partial charge in [0, 0.05) is 12.3 Å². The molecule has 0 aliphatic carbocycles. The first-order chi connectivity index (χ1) is 14.2. The van der Waals surface area contributed by atoms with Gasteiger partial charge in [0.05, 0.1) is 12.5 Å². The molecule has 1 heterocycles. The van der Waals surface area contributed by atoms with Crippen molar-refractivity contribution in [2.24, 2.45) is 0 Å². The number of nitrogens with zero attached hydrogens (tertiary/aromatic N) is 2. The van der Waals surface area contributed by atoms with Crippen LogP contribution >= 0.6 is 0 Å². The van der Waals surface area contributed by atoms with Gasteiger partial charge >= 0.3 is 0 Å². The van der Waals surface area contributed by atoms with Crippen LogP contribution in [-0.4, -0.2) is 15.7 Å². The van der Waals surface area contributed by atoms with E-state index in [1.165, 1.54) is 11.1 Å². The summed E-state index contributed by atoms with van der Waals surface area (Å²) < 4.78 is 1.84. The largest absolute Gasteiger partial charge is 0.308 e. The summed E-state index contributed by atoms with van der Waals surface area (Å²) in [6.07, 6.45) is 1.89. The van der Waals surface area contributed by atoms with Gasteiger partial charge in [0.25, 0.3) is 0 Å². The molecule has 0 spiro atoms. The maximum Gasteiger partial charge on any atom is 0.237 e. The molecule has 144 valence electrons. The van der Waals surface area contributed by atoms with Gasteiger partial charge in [0.15, 0.2) is 5.82 Å². The fourth-order valence-electron chi connectivity index (χ4n) is 3.50. The number of hydrogen-bond acceptors (Lipinski definition) is 2. The van der Waals surface area contributed by atoms with E-state index >= 15 is 0 Å². The van der Waals surface area contributed by atoms with Gasteiger partial charge in [-0.2, -0.15) is 5.10 Å². The molecule has 0 atom stereocenters. The lowest BCUT2D eigenvalue weighted by atomic mass is 9.90. The molecule has 0 aliphatic rings. The number of aromatic nitrogens is 2. The normalized spacial score (nSPS) is 10.8. The Bertz CT molecular complexity index is 1050. The maximum absolute atomic E-state index is 13.2. The minimum absolute atomic E-state index is 0.0943. The molecule has 0 aliphatic heterocycles. The van der Waals surface area contributed by atoms with Crippen LogP contribution in [0.4, 0.5) is 5.82 Å². The Balaban J connectivity index is 1.53. The van der Waals surface area contributed by atoms with E-state index in [2.05, 4.69) is 35.5 Å². The van der Waals surface area contributed by atoms with Crippen molar-refractivity contribution in [3.05, 3.63) is 119 Å². The Hall–Kier alpha value is -3.66. The van der Waals surface area contributed by atoms with E-state index in [4.69, 9.17) is 0 Å². The summed E-state index contributed by atoms with van der Waals surface area (Å²) in [5.41, 5.74) is 4.31. The van der Waals surface area contributed by atoms with Crippen molar-refractivity contribution in [1.29, 1.82) is 0 Å². The first-order valence-electron chi connectivity index (χ1n) is 9.69. The second-order valence-corrected chi connectivity index (χ2v) is 7.13. The van der Waals surface area contributed by atoms with Crippen molar-refractivity contribution >= 4 is 11.7 Å². The average Bonchev–Trinajstić information content (AvgIpc) is 3.16. The molecule has 0 unspecified atom stereocenters. The number of benzene rings is 3. The molecular formula is C25H23N3O. The predicted molar refractivity (Wildman–Crippen MR) is 116 cm³/mol. The van der Waals surface area contributed by atoms with Crippen LogP contribution in [0.1, 0.15) is 28.2 Å². The molecule has 1 aromatic heterocycles. The van der Waals surface area contributed by atoms with Crippen molar-refractivity contribution in [2.75, 3.05) is 5.32 Å². The van der Waals surface area contributed by atoms with Gasteiger partial charge in [0.1, 0.15) is 0 Å². The van der Waals surface area contributed by atoms with Crippen molar-refractivity contribution in [1.82, 2.24) is 9.78 Å². The fraction of sp³-hybridized carbons (Fsp3) is 0.120. The zero-order valence-electron chi connectivity index (χ0n) is 16.3. The van der Waals surface area contributed by atoms with E-state index in [0.717, 1.165) is 11.1 Å². The van der Waals surface area contributed by atoms with Crippen LogP contribution in [0.3, 0.4) is 0 Å². The summed E-state index contributed by atoms with van der Waals surface area (Å²) in [5.74, 6) is 0.0713. The van der Waals surface area contributed by atoms with Gasteiger partial charge in [-0.1, -0.05) is 90.5 Å². The highest BCUT2D eigenvalue weighted by atomic mass is 16.2. The number of carbonyl (C=O) groups excluding carboxylic acids is 1. The molecule has 0 fully saturated rings. The van der Waals surface area contributed by atoms with Gasteiger partial charge < -0.3 is 5.32 Å². The van der Waals surface area contributed by atoms with E-state index < -0.39 is 0 Å². The van der Waals surface area contributed by atoms with E-state index in [1.54, 1.807) is 0 Å². The molecule has 4 heteroatoms. The van der Waals surface area contributed by atoms with E-state index in [9.17, 15) is 4.79 Å². The summed E-state index contributed by atoms with van der Waals surface area (Å²) in [6, 6.07) is 29.8. The Labute approximate surface area is 170 Å². The van der Waals surface area contributed by atoms with Crippen LogP contribution < -0.4 is 5.32 Å².